The van der Waals surface area contributed by atoms with Crippen LogP contribution in [0.1, 0.15) is 16.1 Å². The van der Waals surface area contributed by atoms with Crippen molar-refractivity contribution in [3.8, 4) is 0 Å². The zero-order valence-corrected chi connectivity index (χ0v) is 8.97. The number of carboxylic acids is 1. The van der Waals surface area contributed by atoms with Crippen molar-refractivity contribution in [1.29, 1.82) is 0 Å². The first-order chi connectivity index (χ1) is 7.24. The van der Waals surface area contributed by atoms with E-state index in [2.05, 4.69) is 0 Å². The number of para-hydroxylation sites is 1. The van der Waals surface area contributed by atoms with Gasteiger partial charge in [-0.3, -0.25) is 0 Å². The molecule has 0 radical (unpaired) electrons. The third kappa shape index (κ3) is 1.72. The molecule has 2 aromatic rings. The Morgan fingerprint density at radius 2 is 2.20 bits per heavy atom. The standard InChI is InChI=1S/C11H10O3S/c1-15-6-8-7-4-2-3-5-9(7)14-10(8)11(12)13/h2-5H,6H2,1H3,(H,12,13)/p-1. The molecule has 1 aromatic heterocycles. The van der Waals surface area contributed by atoms with E-state index in [9.17, 15) is 9.90 Å². The molecule has 2 rings (SSSR count). The highest BCUT2D eigenvalue weighted by Gasteiger charge is 2.13. The first-order valence-corrected chi connectivity index (χ1v) is 5.84. The van der Waals surface area contributed by atoms with Gasteiger partial charge in [0.25, 0.3) is 0 Å². The molecular weight excluding hydrogens is 212 g/mol. The second kappa shape index (κ2) is 3.98. The third-order valence-corrected chi connectivity index (χ3v) is 2.75. The number of hydrogen-bond acceptors (Lipinski definition) is 4. The number of hydrogen-bond donors (Lipinski definition) is 0. The van der Waals surface area contributed by atoms with Gasteiger partial charge in [0, 0.05) is 16.7 Å². The summed E-state index contributed by atoms with van der Waals surface area (Å²) in [6, 6.07) is 7.29. The minimum atomic E-state index is -1.25. The van der Waals surface area contributed by atoms with Crippen LogP contribution >= 0.6 is 11.8 Å². The number of furan rings is 1. The number of rotatable bonds is 3. The van der Waals surface area contributed by atoms with E-state index in [-0.39, 0.29) is 5.76 Å². The van der Waals surface area contributed by atoms with Gasteiger partial charge in [-0.1, -0.05) is 18.2 Å². The van der Waals surface area contributed by atoms with Gasteiger partial charge in [-0.05, 0) is 12.3 Å². The fraction of sp³-hybridized carbons (Fsp3) is 0.182. The van der Waals surface area contributed by atoms with Gasteiger partial charge in [-0.2, -0.15) is 11.8 Å². The zero-order chi connectivity index (χ0) is 10.8. The number of aromatic carboxylic acids is 1. The number of benzene rings is 1. The van der Waals surface area contributed by atoms with Crippen LogP contribution in [0.3, 0.4) is 0 Å². The molecule has 4 heteroatoms. The molecule has 3 nitrogen and oxygen atoms in total. The van der Waals surface area contributed by atoms with E-state index in [1.54, 1.807) is 17.8 Å². The molecular formula is C11H9O3S-. The lowest BCUT2D eigenvalue weighted by molar-refractivity contribution is -0.257. The Morgan fingerprint density at radius 1 is 1.47 bits per heavy atom. The van der Waals surface area contributed by atoms with Crippen molar-refractivity contribution < 1.29 is 14.3 Å². The van der Waals surface area contributed by atoms with Crippen LogP contribution < -0.4 is 5.11 Å². The maximum Gasteiger partial charge on any atom is 0.154 e. The quantitative estimate of drug-likeness (QED) is 0.791. The predicted octanol–water partition coefficient (Wildman–Crippen LogP) is 1.66. The summed E-state index contributed by atoms with van der Waals surface area (Å²) in [5.41, 5.74) is 1.30. The Balaban J connectivity index is 2.68. The lowest BCUT2D eigenvalue weighted by atomic mass is 10.1. The number of thioether (sulfide) groups is 1. The van der Waals surface area contributed by atoms with Crippen LogP contribution in [-0.2, 0) is 5.75 Å². The van der Waals surface area contributed by atoms with Crippen molar-refractivity contribution >= 4 is 28.7 Å². The summed E-state index contributed by atoms with van der Waals surface area (Å²) in [5.74, 6) is -0.693. The molecule has 15 heavy (non-hydrogen) atoms. The summed E-state index contributed by atoms with van der Waals surface area (Å²) < 4.78 is 5.24. The van der Waals surface area contributed by atoms with Gasteiger partial charge in [0.2, 0.25) is 0 Å². The van der Waals surface area contributed by atoms with E-state index >= 15 is 0 Å². The lowest BCUT2D eigenvalue weighted by Crippen LogP contribution is -2.22. The fourth-order valence-corrected chi connectivity index (χ4v) is 2.13. The average Bonchev–Trinajstić information content (AvgIpc) is 2.58. The summed E-state index contributed by atoms with van der Waals surface area (Å²) in [6.45, 7) is 0. The highest BCUT2D eigenvalue weighted by molar-refractivity contribution is 7.97. The first kappa shape index (κ1) is 10.1. The molecule has 0 aliphatic rings. The molecule has 1 aromatic carbocycles. The Morgan fingerprint density at radius 3 is 2.87 bits per heavy atom. The molecule has 0 spiro atoms. The van der Waals surface area contributed by atoms with E-state index in [1.807, 2.05) is 24.5 Å². The van der Waals surface area contributed by atoms with Crippen LogP contribution in [0, 0.1) is 0 Å². The molecule has 0 aliphatic carbocycles. The minimum absolute atomic E-state index is 0.0504. The molecule has 0 N–H and O–H groups in total. The maximum atomic E-state index is 10.9. The minimum Gasteiger partial charge on any atom is -0.542 e. The van der Waals surface area contributed by atoms with Crippen LogP contribution in [0.2, 0.25) is 0 Å². The zero-order valence-electron chi connectivity index (χ0n) is 8.15. The summed E-state index contributed by atoms with van der Waals surface area (Å²) >= 11 is 1.55. The average molecular weight is 221 g/mol. The van der Waals surface area contributed by atoms with Gasteiger partial charge in [-0.15, -0.1) is 0 Å². The molecule has 0 aliphatic heterocycles. The summed E-state index contributed by atoms with van der Waals surface area (Å²) in [4.78, 5) is 10.9. The molecule has 1 heterocycles. The molecule has 78 valence electrons. The lowest BCUT2D eigenvalue weighted by Gasteiger charge is -2.00. The van der Waals surface area contributed by atoms with Gasteiger partial charge in [-0.25, -0.2) is 0 Å². The Hall–Kier alpha value is -1.42. The SMILES string of the molecule is CSCc1c(C(=O)[O-])oc2ccccc12. The van der Waals surface area contributed by atoms with Gasteiger partial charge in [0.15, 0.2) is 5.76 Å². The summed E-state index contributed by atoms with van der Waals surface area (Å²) in [7, 11) is 0. The van der Waals surface area contributed by atoms with Crippen molar-refractivity contribution in [2.45, 2.75) is 5.75 Å². The monoisotopic (exact) mass is 221 g/mol. The molecule has 0 fully saturated rings. The predicted molar refractivity (Wildman–Crippen MR) is 57.8 cm³/mol. The topological polar surface area (TPSA) is 53.3 Å². The molecule has 0 saturated heterocycles. The van der Waals surface area contributed by atoms with Crippen molar-refractivity contribution in [1.82, 2.24) is 0 Å². The summed E-state index contributed by atoms with van der Waals surface area (Å²) in [6.07, 6.45) is 1.92. The van der Waals surface area contributed by atoms with Gasteiger partial charge >= 0.3 is 0 Å². The van der Waals surface area contributed by atoms with Crippen LogP contribution in [0.5, 0.6) is 0 Å². The maximum absolute atomic E-state index is 10.9. The van der Waals surface area contributed by atoms with E-state index < -0.39 is 5.97 Å². The van der Waals surface area contributed by atoms with Gasteiger partial charge in [0.1, 0.15) is 11.6 Å². The number of carboxylic acid groups (broad SMARTS) is 1. The summed E-state index contributed by atoms with van der Waals surface area (Å²) in [5, 5.41) is 11.7. The number of carbonyl (C=O) groups is 1. The van der Waals surface area contributed by atoms with E-state index in [4.69, 9.17) is 4.42 Å². The van der Waals surface area contributed by atoms with Gasteiger partial charge < -0.3 is 14.3 Å². The van der Waals surface area contributed by atoms with Crippen LogP contribution in [0.25, 0.3) is 11.0 Å². The second-order valence-corrected chi connectivity index (χ2v) is 3.99. The van der Waals surface area contributed by atoms with Crippen molar-refractivity contribution in [3.63, 3.8) is 0 Å². The van der Waals surface area contributed by atoms with E-state index in [0.29, 0.717) is 16.9 Å². The third-order valence-electron chi connectivity index (χ3n) is 2.17. The highest BCUT2D eigenvalue weighted by atomic mass is 32.2. The Kier molecular flexibility index (Phi) is 2.68. The largest absolute Gasteiger partial charge is 0.542 e. The van der Waals surface area contributed by atoms with Crippen LogP contribution in [0.4, 0.5) is 0 Å². The number of carbonyl (C=O) groups excluding carboxylic acids is 1. The Labute approximate surface area is 91.1 Å². The van der Waals surface area contributed by atoms with Gasteiger partial charge in [0.05, 0.1) is 0 Å². The van der Waals surface area contributed by atoms with Crippen LogP contribution in [0.15, 0.2) is 28.7 Å². The smallest absolute Gasteiger partial charge is 0.154 e. The van der Waals surface area contributed by atoms with Crippen molar-refractivity contribution in [3.05, 3.63) is 35.6 Å². The highest BCUT2D eigenvalue weighted by Crippen LogP contribution is 2.28. The molecule has 0 atom stereocenters. The van der Waals surface area contributed by atoms with Crippen LogP contribution in [-0.4, -0.2) is 12.2 Å². The van der Waals surface area contributed by atoms with E-state index in [1.165, 1.54) is 0 Å². The second-order valence-electron chi connectivity index (χ2n) is 3.13. The van der Waals surface area contributed by atoms with Crippen molar-refractivity contribution in [2.24, 2.45) is 0 Å². The van der Waals surface area contributed by atoms with E-state index in [0.717, 1.165) is 5.39 Å². The first-order valence-electron chi connectivity index (χ1n) is 4.44. The normalized spacial score (nSPS) is 10.7. The molecule has 0 amide bonds. The fourth-order valence-electron chi connectivity index (χ4n) is 1.55. The molecule has 0 bridgehead atoms. The Bertz CT molecular complexity index is 502. The van der Waals surface area contributed by atoms with Crippen molar-refractivity contribution in [2.75, 3.05) is 6.26 Å². The number of fused-ring (bicyclic) bond motifs is 1. The molecule has 0 saturated carbocycles. The molecule has 0 unspecified atom stereocenters.